The minimum Gasteiger partial charge on any atom is -0.491 e. The van der Waals surface area contributed by atoms with Crippen LogP contribution in [0.2, 0.25) is 5.02 Å². The van der Waals surface area contributed by atoms with Gasteiger partial charge in [0.05, 0.1) is 28.2 Å². The fourth-order valence-electron chi connectivity index (χ4n) is 4.00. The van der Waals surface area contributed by atoms with Gasteiger partial charge in [-0.05, 0) is 55.3 Å². The highest BCUT2D eigenvalue weighted by Crippen LogP contribution is 2.34. The molecule has 2 aromatic heterocycles. The third-order valence-electron chi connectivity index (χ3n) is 5.90. The van der Waals surface area contributed by atoms with E-state index in [1.54, 1.807) is 19.2 Å². The second-order valence-corrected chi connectivity index (χ2v) is 8.95. The molecule has 184 valence electrons. The topological polar surface area (TPSA) is 89.5 Å². The van der Waals surface area contributed by atoms with Gasteiger partial charge in [0.15, 0.2) is 0 Å². The molecule has 2 aromatic carbocycles. The van der Waals surface area contributed by atoms with Crippen LogP contribution in [0.5, 0.6) is 11.5 Å². The lowest BCUT2D eigenvalue weighted by Crippen LogP contribution is -2.34. The largest absolute Gasteiger partial charge is 0.491 e. The van der Waals surface area contributed by atoms with E-state index in [9.17, 15) is 4.79 Å². The molecular formula is C27H26ClN5O3. The third-order valence-corrected chi connectivity index (χ3v) is 6.20. The van der Waals surface area contributed by atoms with Gasteiger partial charge in [0.2, 0.25) is 5.91 Å². The zero-order valence-electron chi connectivity index (χ0n) is 19.9. The second-order valence-electron chi connectivity index (χ2n) is 8.54. The van der Waals surface area contributed by atoms with E-state index in [4.69, 9.17) is 21.1 Å². The van der Waals surface area contributed by atoms with E-state index >= 15 is 0 Å². The minimum atomic E-state index is 0.0778. The van der Waals surface area contributed by atoms with Crippen LogP contribution in [0, 0.1) is 0 Å². The number of anilines is 2. The molecule has 0 saturated heterocycles. The van der Waals surface area contributed by atoms with E-state index in [1.807, 2.05) is 53.4 Å². The number of amides is 1. The van der Waals surface area contributed by atoms with Crippen molar-refractivity contribution in [2.24, 2.45) is 0 Å². The predicted octanol–water partition coefficient (Wildman–Crippen LogP) is 5.39. The second kappa shape index (κ2) is 10.8. The van der Waals surface area contributed by atoms with Crippen LogP contribution >= 0.6 is 11.6 Å². The van der Waals surface area contributed by atoms with Gasteiger partial charge in [-0.2, -0.15) is 0 Å². The monoisotopic (exact) mass is 503 g/mol. The Balaban J connectivity index is 1.31. The summed E-state index contributed by atoms with van der Waals surface area (Å²) in [5.74, 6) is 1.89. The summed E-state index contributed by atoms with van der Waals surface area (Å²) in [5, 5.41) is 4.55. The lowest BCUT2D eigenvalue weighted by Gasteiger charge is -2.21. The smallest absolute Gasteiger partial charge is 0.219 e. The van der Waals surface area contributed by atoms with Crippen LogP contribution in [-0.2, 0) is 11.4 Å². The van der Waals surface area contributed by atoms with Gasteiger partial charge >= 0.3 is 0 Å². The van der Waals surface area contributed by atoms with Crippen LogP contribution in [0.15, 0.2) is 67.1 Å². The summed E-state index contributed by atoms with van der Waals surface area (Å²) >= 11 is 6.49. The summed E-state index contributed by atoms with van der Waals surface area (Å²) in [7, 11) is 0. The molecular weight excluding hydrogens is 478 g/mol. The molecule has 0 spiro atoms. The van der Waals surface area contributed by atoms with E-state index in [0.717, 1.165) is 35.1 Å². The Bertz CT molecular complexity index is 1360. The molecule has 8 nitrogen and oxygen atoms in total. The molecule has 1 amide bonds. The molecule has 1 saturated carbocycles. The number of nitrogens with zero attached hydrogens (tertiary/aromatic N) is 4. The fourth-order valence-corrected chi connectivity index (χ4v) is 4.23. The molecule has 1 aliphatic rings. The number of halogens is 1. The summed E-state index contributed by atoms with van der Waals surface area (Å²) in [5.41, 5.74) is 2.31. The van der Waals surface area contributed by atoms with Gasteiger partial charge in [-0.25, -0.2) is 9.97 Å². The van der Waals surface area contributed by atoms with Crippen molar-refractivity contribution in [3.8, 4) is 11.5 Å². The van der Waals surface area contributed by atoms with Crippen LogP contribution in [0.1, 0.15) is 25.5 Å². The lowest BCUT2D eigenvalue weighted by atomic mass is 10.2. The minimum absolute atomic E-state index is 0.0778. The van der Waals surface area contributed by atoms with Crippen molar-refractivity contribution < 1.29 is 14.3 Å². The Morgan fingerprint density at radius 1 is 1.06 bits per heavy atom. The average Bonchev–Trinajstić information content (AvgIpc) is 3.72. The zero-order valence-corrected chi connectivity index (χ0v) is 20.6. The average molecular weight is 504 g/mol. The quantitative estimate of drug-likeness (QED) is 0.310. The highest BCUT2D eigenvalue weighted by molar-refractivity contribution is 6.32. The number of benzene rings is 2. The standard InChI is InChI=1S/C27H26ClN5O3/c1-18(34)33(21-9-10-21)13-14-35-25-7-4-6-23-26(25)27(31-17-30-23)32-19-8-11-24(22(28)15-19)36-16-20-5-2-3-12-29-20/h2-8,11-12,15,17,21H,9-10,13-14,16H2,1H3,(H,30,31,32). The highest BCUT2D eigenvalue weighted by atomic mass is 35.5. The van der Waals surface area contributed by atoms with Crippen LogP contribution in [0.3, 0.4) is 0 Å². The highest BCUT2D eigenvalue weighted by Gasteiger charge is 2.30. The molecule has 5 rings (SSSR count). The van der Waals surface area contributed by atoms with Gasteiger partial charge < -0.3 is 19.7 Å². The fraction of sp³-hybridized carbons (Fsp3) is 0.259. The number of ether oxygens (including phenoxy) is 2. The maximum absolute atomic E-state index is 11.9. The van der Waals surface area contributed by atoms with E-state index in [0.29, 0.717) is 48.1 Å². The summed E-state index contributed by atoms with van der Waals surface area (Å²) in [6, 6.07) is 17.2. The maximum atomic E-state index is 11.9. The van der Waals surface area contributed by atoms with Crippen molar-refractivity contribution in [3.05, 3.63) is 77.8 Å². The molecule has 0 radical (unpaired) electrons. The van der Waals surface area contributed by atoms with E-state index in [2.05, 4.69) is 20.3 Å². The Morgan fingerprint density at radius 3 is 2.69 bits per heavy atom. The van der Waals surface area contributed by atoms with Crippen molar-refractivity contribution in [1.29, 1.82) is 0 Å². The molecule has 1 N–H and O–H groups in total. The Morgan fingerprint density at radius 2 is 1.94 bits per heavy atom. The molecule has 0 unspecified atom stereocenters. The number of hydrogen-bond acceptors (Lipinski definition) is 7. The van der Waals surface area contributed by atoms with Crippen LogP contribution in [-0.4, -0.2) is 45.0 Å². The number of nitrogens with one attached hydrogen (secondary N) is 1. The van der Waals surface area contributed by atoms with E-state index in [-0.39, 0.29) is 5.91 Å². The number of hydrogen-bond donors (Lipinski definition) is 1. The van der Waals surface area contributed by atoms with Gasteiger partial charge in [-0.1, -0.05) is 23.7 Å². The van der Waals surface area contributed by atoms with E-state index in [1.165, 1.54) is 6.33 Å². The van der Waals surface area contributed by atoms with Crippen molar-refractivity contribution in [1.82, 2.24) is 19.9 Å². The SMILES string of the molecule is CC(=O)N(CCOc1cccc2ncnc(Nc3ccc(OCc4ccccn4)c(Cl)c3)c12)C1CC1. The third kappa shape index (κ3) is 5.66. The molecule has 0 bridgehead atoms. The van der Waals surface area contributed by atoms with Crippen LogP contribution < -0.4 is 14.8 Å². The Hall–Kier alpha value is -3.91. The maximum Gasteiger partial charge on any atom is 0.219 e. The van der Waals surface area contributed by atoms with Crippen LogP contribution in [0.4, 0.5) is 11.5 Å². The summed E-state index contributed by atoms with van der Waals surface area (Å²) in [4.78, 5) is 26.9. The van der Waals surface area contributed by atoms with Gasteiger partial charge in [-0.3, -0.25) is 9.78 Å². The molecule has 9 heteroatoms. The normalized spacial score (nSPS) is 12.8. The molecule has 4 aromatic rings. The van der Waals surface area contributed by atoms with Crippen molar-refractivity contribution in [2.45, 2.75) is 32.4 Å². The molecule has 2 heterocycles. The first-order valence-electron chi connectivity index (χ1n) is 11.8. The molecule has 0 aliphatic heterocycles. The first-order chi connectivity index (χ1) is 17.6. The Kier molecular flexibility index (Phi) is 7.13. The predicted molar refractivity (Wildman–Crippen MR) is 139 cm³/mol. The first-order valence-corrected chi connectivity index (χ1v) is 12.2. The number of aromatic nitrogens is 3. The number of carbonyl (C=O) groups is 1. The molecule has 0 atom stereocenters. The van der Waals surface area contributed by atoms with E-state index < -0.39 is 0 Å². The molecule has 36 heavy (non-hydrogen) atoms. The summed E-state index contributed by atoms with van der Waals surface area (Å²) in [6.07, 6.45) is 5.35. The zero-order chi connectivity index (χ0) is 24.9. The number of fused-ring (bicyclic) bond motifs is 1. The lowest BCUT2D eigenvalue weighted by molar-refractivity contribution is -0.129. The van der Waals surface area contributed by atoms with Crippen LogP contribution in [0.25, 0.3) is 10.9 Å². The Labute approximate surface area is 214 Å². The number of carbonyl (C=O) groups excluding carboxylic acids is 1. The first kappa shape index (κ1) is 23.8. The van der Waals surface area contributed by atoms with Crippen molar-refractivity contribution in [2.75, 3.05) is 18.5 Å². The van der Waals surface area contributed by atoms with Crippen molar-refractivity contribution in [3.63, 3.8) is 0 Å². The van der Waals surface area contributed by atoms with Gasteiger partial charge in [0.25, 0.3) is 0 Å². The molecule has 1 aliphatic carbocycles. The van der Waals surface area contributed by atoms with Gasteiger partial charge in [-0.15, -0.1) is 0 Å². The van der Waals surface area contributed by atoms with Gasteiger partial charge in [0.1, 0.15) is 36.9 Å². The number of rotatable bonds is 10. The summed E-state index contributed by atoms with van der Waals surface area (Å²) < 4.78 is 11.9. The number of pyridine rings is 1. The summed E-state index contributed by atoms with van der Waals surface area (Å²) in [6.45, 7) is 2.86. The van der Waals surface area contributed by atoms with Crippen molar-refractivity contribution >= 4 is 39.9 Å². The molecule has 1 fully saturated rings. The van der Waals surface area contributed by atoms with Gasteiger partial charge in [0, 0.05) is 24.8 Å².